The van der Waals surface area contributed by atoms with Crippen molar-refractivity contribution in [2.24, 2.45) is 0 Å². The van der Waals surface area contributed by atoms with Gasteiger partial charge in [-0.15, -0.1) is 0 Å². The van der Waals surface area contributed by atoms with E-state index < -0.39 is 0 Å². The number of nitrogens with one attached hydrogen (secondary N) is 1. The van der Waals surface area contributed by atoms with Crippen molar-refractivity contribution < 1.29 is 0 Å². The lowest BCUT2D eigenvalue weighted by Gasteiger charge is -2.28. The average molecular weight is 304 g/mol. The van der Waals surface area contributed by atoms with E-state index in [-0.39, 0.29) is 5.56 Å². The molecule has 22 heavy (non-hydrogen) atoms. The molecule has 0 amide bonds. The SMILES string of the molecule is CCC(C)NCc1ccc(C(C)C)n(C2CCCCC2)c1=O. The molecule has 1 heterocycles. The fourth-order valence-electron chi connectivity index (χ4n) is 3.36. The van der Waals surface area contributed by atoms with Crippen molar-refractivity contribution in [3.8, 4) is 0 Å². The van der Waals surface area contributed by atoms with Crippen LogP contribution in [0.3, 0.4) is 0 Å². The molecule has 1 aliphatic rings. The topological polar surface area (TPSA) is 34.0 Å². The van der Waals surface area contributed by atoms with Crippen molar-refractivity contribution in [3.63, 3.8) is 0 Å². The lowest BCUT2D eigenvalue weighted by Crippen LogP contribution is -2.35. The number of nitrogens with zero attached hydrogens (tertiary/aromatic N) is 1. The second-order valence-corrected chi connectivity index (χ2v) is 7.10. The summed E-state index contributed by atoms with van der Waals surface area (Å²) >= 11 is 0. The summed E-state index contributed by atoms with van der Waals surface area (Å²) in [5.41, 5.74) is 2.34. The Bertz CT molecular complexity index is 527. The van der Waals surface area contributed by atoms with Gasteiger partial charge in [0, 0.05) is 29.9 Å². The van der Waals surface area contributed by atoms with E-state index in [4.69, 9.17) is 0 Å². The zero-order valence-corrected chi connectivity index (χ0v) is 14.7. The van der Waals surface area contributed by atoms with E-state index in [9.17, 15) is 4.79 Å². The largest absolute Gasteiger partial charge is 0.310 e. The molecule has 3 nitrogen and oxygen atoms in total. The van der Waals surface area contributed by atoms with Crippen molar-refractivity contribution in [2.45, 2.75) is 90.8 Å². The van der Waals surface area contributed by atoms with E-state index in [2.05, 4.69) is 43.6 Å². The summed E-state index contributed by atoms with van der Waals surface area (Å²) in [6.45, 7) is 9.39. The Kier molecular flexibility index (Phi) is 6.25. The molecule has 2 rings (SSSR count). The highest BCUT2D eigenvalue weighted by Gasteiger charge is 2.21. The first-order valence-corrected chi connectivity index (χ1v) is 9.02. The van der Waals surface area contributed by atoms with Gasteiger partial charge < -0.3 is 9.88 Å². The predicted molar refractivity (Wildman–Crippen MR) is 93.5 cm³/mol. The van der Waals surface area contributed by atoms with E-state index in [0.29, 0.717) is 24.5 Å². The Hall–Kier alpha value is -1.09. The van der Waals surface area contributed by atoms with Crippen LogP contribution in [-0.4, -0.2) is 10.6 Å². The Morgan fingerprint density at radius 3 is 2.45 bits per heavy atom. The zero-order valence-electron chi connectivity index (χ0n) is 14.7. The highest BCUT2D eigenvalue weighted by atomic mass is 16.1. The van der Waals surface area contributed by atoms with Gasteiger partial charge in [-0.25, -0.2) is 0 Å². The third kappa shape index (κ3) is 4.01. The van der Waals surface area contributed by atoms with Crippen LogP contribution in [0.5, 0.6) is 0 Å². The molecule has 0 saturated heterocycles. The summed E-state index contributed by atoms with van der Waals surface area (Å²) in [4.78, 5) is 13.0. The Morgan fingerprint density at radius 2 is 1.86 bits per heavy atom. The summed E-state index contributed by atoms with van der Waals surface area (Å²) in [6, 6.07) is 5.07. The first kappa shape index (κ1) is 17.3. The predicted octanol–water partition coefficient (Wildman–Crippen LogP) is 4.37. The van der Waals surface area contributed by atoms with Gasteiger partial charge >= 0.3 is 0 Å². The smallest absolute Gasteiger partial charge is 0.255 e. The molecule has 1 fully saturated rings. The van der Waals surface area contributed by atoms with E-state index in [1.54, 1.807) is 0 Å². The lowest BCUT2D eigenvalue weighted by atomic mass is 9.93. The van der Waals surface area contributed by atoms with Crippen molar-refractivity contribution in [1.29, 1.82) is 0 Å². The minimum absolute atomic E-state index is 0.230. The first-order valence-electron chi connectivity index (χ1n) is 9.02. The summed E-state index contributed by atoms with van der Waals surface area (Å²) in [5, 5.41) is 3.45. The second kappa shape index (κ2) is 7.96. The van der Waals surface area contributed by atoms with Gasteiger partial charge in [0.25, 0.3) is 5.56 Å². The number of pyridine rings is 1. The molecule has 0 radical (unpaired) electrons. The van der Waals surface area contributed by atoms with Gasteiger partial charge in [0.2, 0.25) is 0 Å². The van der Waals surface area contributed by atoms with Gasteiger partial charge in [-0.2, -0.15) is 0 Å². The van der Waals surface area contributed by atoms with Crippen LogP contribution in [0.15, 0.2) is 16.9 Å². The number of aromatic nitrogens is 1. The van der Waals surface area contributed by atoms with Crippen LogP contribution in [0.25, 0.3) is 0 Å². The van der Waals surface area contributed by atoms with Crippen molar-refractivity contribution in [2.75, 3.05) is 0 Å². The average Bonchev–Trinajstić information content (AvgIpc) is 2.53. The summed E-state index contributed by atoms with van der Waals surface area (Å²) in [5.74, 6) is 0.395. The molecule has 1 atom stereocenters. The first-order chi connectivity index (χ1) is 10.5. The van der Waals surface area contributed by atoms with Gasteiger partial charge in [0.15, 0.2) is 0 Å². The molecule has 0 aliphatic heterocycles. The molecule has 3 heteroatoms. The zero-order chi connectivity index (χ0) is 16.1. The quantitative estimate of drug-likeness (QED) is 0.847. The Morgan fingerprint density at radius 1 is 1.18 bits per heavy atom. The molecular weight excluding hydrogens is 272 g/mol. The normalized spacial score (nSPS) is 17.9. The lowest BCUT2D eigenvalue weighted by molar-refractivity contribution is 0.334. The van der Waals surface area contributed by atoms with Gasteiger partial charge in [-0.1, -0.05) is 46.1 Å². The summed E-state index contributed by atoms with van der Waals surface area (Å²) in [6.07, 6.45) is 7.22. The number of rotatable bonds is 6. The monoisotopic (exact) mass is 304 g/mol. The van der Waals surface area contributed by atoms with Crippen molar-refractivity contribution in [1.82, 2.24) is 9.88 Å². The molecule has 1 aromatic heterocycles. The summed E-state index contributed by atoms with van der Waals surface area (Å²) in [7, 11) is 0. The molecule has 0 bridgehead atoms. The maximum absolute atomic E-state index is 13.0. The van der Waals surface area contributed by atoms with Crippen molar-refractivity contribution in [3.05, 3.63) is 33.7 Å². The molecule has 0 spiro atoms. The fourth-order valence-corrected chi connectivity index (χ4v) is 3.36. The van der Waals surface area contributed by atoms with Gasteiger partial charge in [-0.3, -0.25) is 4.79 Å². The maximum atomic E-state index is 13.0. The number of hydrogen-bond acceptors (Lipinski definition) is 2. The van der Waals surface area contributed by atoms with E-state index in [1.165, 1.54) is 25.0 Å². The fraction of sp³-hybridized carbons (Fsp3) is 0.737. The Balaban J connectivity index is 2.32. The van der Waals surface area contributed by atoms with Crippen LogP contribution in [0, 0.1) is 0 Å². The van der Waals surface area contributed by atoms with Crippen LogP contribution in [0.1, 0.15) is 89.4 Å². The minimum Gasteiger partial charge on any atom is -0.310 e. The number of hydrogen-bond donors (Lipinski definition) is 1. The molecule has 1 N–H and O–H groups in total. The summed E-state index contributed by atoms with van der Waals surface area (Å²) < 4.78 is 2.12. The van der Waals surface area contributed by atoms with Gasteiger partial charge in [-0.05, 0) is 38.2 Å². The van der Waals surface area contributed by atoms with E-state index in [0.717, 1.165) is 24.8 Å². The Labute approximate surface area is 135 Å². The minimum atomic E-state index is 0.230. The molecule has 1 unspecified atom stereocenters. The molecule has 0 aromatic carbocycles. The second-order valence-electron chi connectivity index (χ2n) is 7.10. The standard InChI is InChI=1S/C19H32N2O/c1-5-15(4)20-13-16-11-12-18(14(2)3)21(19(16)22)17-9-7-6-8-10-17/h11-12,14-15,17,20H,5-10,13H2,1-4H3. The molecule has 1 saturated carbocycles. The molecule has 1 aromatic rings. The van der Waals surface area contributed by atoms with Crippen LogP contribution in [0.4, 0.5) is 0 Å². The van der Waals surface area contributed by atoms with E-state index in [1.807, 2.05) is 6.07 Å². The highest BCUT2D eigenvalue weighted by molar-refractivity contribution is 5.19. The van der Waals surface area contributed by atoms with Crippen LogP contribution in [0.2, 0.25) is 0 Å². The molecular formula is C19H32N2O. The van der Waals surface area contributed by atoms with Crippen LogP contribution < -0.4 is 10.9 Å². The van der Waals surface area contributed by atoms with Crippen LogP contribution in [-0.2, 0) is 6.54 Å². The molecule has 1 aliphatic carbocycles. The third-order valence-corrected chi connectivity index (χ3v) is 5.01. The molecule has 124 valence electrons. The maximum Gasteiger partial charge on any atom is 0.255 e. The highest BCUT2D eigenvalue weighted by Crippen LogP contribution is 2.29. The van der Waals surface area contributed by atoms with Gasteiger partial charge in [0.05, 0.1) is 0 Å². The third-order valence-electron chi connectivity index (χ3n) is 5.01. The van der Waals surface area contributed by atoms with Gasteiger partial charge in [0.1, 0.15) is 0 Å². The van der Waals surface area contributed by atoms with Crippen molar-refractivity contribution >= 4 is 0 Å². The van der Waals surface area contributed by atoms with E-state index >= 15 is 0 Å². The van der Waals surface area contributed by atoms with Crippen LogP contribution >= 0.6 is 0 Å².